The molecule has 5 heteroatoms. The number of nitriles is 1. The van der Waals surface area contributed by atoms with E-state index >= 15 is 0 Å². The van der Waals surface area contributed by atoms with Crippen LogP contribution in [0.5, 0.6) is 0 Å². The number of nitrogens with zero attached hydrogens (tertiary/aromatic N) is 2. The lowest BCUT2D eigenvalue weighted by molar-refractivity contribution is 0.102. The van der Waals surface area contributed by atoms with Crippen LogP contribution in [0.4, 0.5) is 11.5 Å². The third-order valence-electron chi connectivity index (χ3n) is 2.85. The van der Waals surface area contributed by atoms with E-state index < -0.39 is 0 Å². The Hall–Kier alpha value is -2.87. The SMILES string of the molecule is CCCNc1cc(C(=O)Nc2ccc(C#N)cc2)ccn1. The normalized spacial score (nSPS) is 9.71. The first-order valence-corrected chi connectivity index (χ1v) is 6.74. The van der Waals surface area contributed by atoms with Gasteiger partial charge in [-0.25, -0.2) is 4.98 Å². The summed E-state index contributed by atoms with van der Waals surface area (Å²) in [5, 5.41) is 14.7. The highest BCUT2D eigenvalue weighted by molar-refractivity contribution is 6.04. The highest BCUT2D eigenvalue weighted by atomic mass is 16.1. The number of carbonyl (C=O) groups is 1. The van der Waals surface area contributed by atoms with Crippen molar-refractivity contribution >= 4 is 17.4 Å². The maximum Gasteiger partial charge on any atom is 0.255 e. The summed E-state index contributed by atoms with van der Waals surface area (Å²) < 4.78 is 0. The van der Waals surface area contributed by atoms with E-state index in [-0.39, 0.29) is 5.91 Å². The molecule has 1 aromatic carbocycles. The van der Waals surface area contributed by atoms with Gasteiger partial charge in [0.2, 0.25) is 0 Å². The predicted octanol–water partition coefficient (Wildman–Crippen LogP) is 3.03. The Kier molecular flexibility index (Phi) is 4.89. The molecule has 1 aromatic heterocycles. The lowest BCUT2D eigenvalue weighted by Gasteiger charge is -2.07. The van der Waals surface area contributed by atoms with Gasteiger partial charge < -0.3 is 10.6 Å². The molecule has 106 valence electrons. The van der Waals surface area contributed by atoms with E-state index in [0.29, 0.717) is 22.6 Å². The van der Waals surface area contributed by atoms with Crippen LogP contribution >= 0.6 is 0 Å². The van der Waals surface area contributed by atoms with Crippen molar-refractivity contribution in [1.82, 2.24) is 4.98 Å². The quantitative estimate of drug-likeness (QED) is 0.882. The smallest absolute Gasteiger partial charge is 0.255 e. The van der Waals surface area contributed by atoms with E-state index in [1.54, 1.807) is 42.6 Å². The monoisotopic (exact) mass is 280 g/mol. The van der Waals surface area contributed by atoms with Crippen LogP contribution in [0.15, 0.2) is 42.6 Å². The molecule has 0 bridgehead atoms. The van der Waals surface area contributed by atoms with E-state index in [4.69, 9.17) is 5.26 Å². The van der Waals surface area contributed by atoms with E-state index in [1.165, 1.54) is 0 Å². The molecule has 0 aliphatic heterocycles. The number of amides is 1. The van der Waals surface area contributed by atoms with Gasteiger partial charge in [-0.3, -0.25) is 4.79 Å². The average molecular weight is 280 g/mol. The Morgan fingerprint density at radius 2 is 2.05 bits per heavy atom. The Morgan fingerprint density at radius 3 is 2.71 bits per heavy atom. The van der Waals surface area contributed by atoms with E-state index in [1.807, 2.05) is 6.07 Å². The van der Waals surface area contributed by atoms with Gasteiger partial charge in [0.15, 0.2) is 0 Å². The Bertz CT molecular complexity index is 659. The topological polar surface area (TPSA) is 77.8 Å². The Morgan fingerprint density at radius 1 is 1.29 bits per heavy atom. The summed E-state index contributed by atoms with van der Waals surface area (Å²) >= 11 is 0. The molecule has 21 heavy (non-hydrogen) atoms. The van der Waals surface area contributed by atoms with E-state index in [9.17, 15) is 4.79 Å². The van der Waals surface area contributed by atoms with Crippen LogP contribution in [0.1, 0.15) is 29.3 Å². The molecule has 0 saturated carbocycles. The second-order valence-corrected chi connectivity index (χ2v) is 4.50. The van der Waals surface area contributed by atoms with Crippen LogP contribution < -0.4 is 10.6 Å². The zero-order valence-corrected chi connectivity index (χ0v) is 11.8. The zero-order valence-electron chi connectivity index (χ0n) is 11.8. The number of carbonyl (C=O) groups excluding carboxylic acids is 1. The van der Waals surface area contributed by atoms with Crippen LogP contribution in [0, 0.1) is 11.3 Å². The maximum atomic E-state index is 12.2. The molecule has 0 spiro atoms. The molecule has 0 saturated heterocycles. The van der Waals surface area contributed by atoms with Gasteiger partial charge >= 0.3 is 0 Å². The molecule has 1 heterocycles. The summed E-state index contributed by atoms with van der Waals surface area (Å²) in [5.74, 6) is 0.478. The molecule has 0 aliphatic carbocycles. The lowest BCUT2D eigenvalue weighted by atomic mass is 10.2. The zero-order chi connectivity index (χ0) is 15.1. The molecule has 0 aliphatic rings. The summed E-state index contributed by atoms with van der Waals surface area (Å²) in [4.78, 5) is 16.3. The molecule has 0 radical (unpaired) electrons. The number of anilines is 2. The fourth-order valence-electron chi connectivity index (χ4n) is 1.75. The minimum atomic E-state index is -0.207. The third-order valence-corrected chi connectivity index (χ3v) is 2.85. The minimum Gasteiger partial charge on any atom is -0.370 e. The molecular weight excluding hydrogens is 264 g/mol. The third kappa shape index (κ3) is 4.05. The van der Waals surface area contributed by atoms with Gasteiger partial charge in [-0.1, -0.05) is 6.92 Å². The van der Waals surface area contributed by atoms with Gasteiger partial charge in [0, 0.05) is 24.0 Å². The number of benzene rings is 1. The predicted molar refractivity (Wildman–Crippen MR) is 82.1 cm³/mol. The summed E-state index contributed by atoms with van der Waals surface area (Å²) in [5.41, 5.74) is 1.75. The number of aromatic nitrogens is 1. The number of hydrogen-bond donors (Lipinski definition) is 2. The molecular formula is C16H16N4O. The van der Waals surface area contributed by atoms with E-state index in [0.717, 1.165) is 13.0 Å². The van der Waals surface area contributed by atoms with E-state index in [2.05, 4.69) is 22.5 Å². The first-order valence-electron chi connectivity index (χ1n) is 6.74. The molecule has 5 nitrogen and oxygen atoms in total. The second-order valence-electron chi connectivity index (χ2n) is 4.50. The van der Waals surface area contributed by atoms with Crippen LogP contribution in [0.2, 0.25) is 0 Å². The van der Waals surface area contributed by atoms with Crippen molar-refractivity contribution in [3.63, 3.8) is 0 Å². The highest BCUT2D eigenvalue weighted by Crippen LogP contribution is 2.12. The van der Waals surface area contributed by atoms with Gasteiger partial charge in [0.1, 0.15) is 5.82 Å². The van der Waals surface area contributed by atoms with Crippen molar-refractivity contribution in [3.05, 3.63) is 53.7 Å². The molecule has 1 amide bonds. The summed E-state index contributed by atoms with van der Waals surface area (Å²) in [6.45, 7) is 2.88. The number of hydrogen-bond acceptors (Lipinski definition) is 4. The number of pyridine rings is 1. The molecule has 2 rings (SSSR count). The van der Waals surface area contributed by atoms with Crippen LogP contribution in [-0.2, 0) is 0 Å². The Labute approximate surface area is 123 Å². The number of rotatable bonds is 5. The molecule has 0 atom stereocenters. The average Bonchev–Trinajstić information content (AvgIpc) is 2.54. The van der Waals surface area contributed by atoms with Crippen molar-refractivity contribution in [2.45, 2.75) is 13.3 Å². The van der Waals surface area contributed by atoms with Gasteiger partial charge in [0.25, 0.3) is 5.91 Å². The maximum absolute atomic E-state index is 12.2. The van der Waals surface area contributed by atoms with Crippen LogP contribution in [0.25, 0.3) is 0 Å². The van der Waals surface area contributed by atoms with Gasteiger partial charge in [0.05, 0.1) is 11.6 Å². The molecule has 2 aromatic rings. The molecule has 0 fully saturated rings. The highest BCUT2D eigenvalue weighted by Gasteiger charge is 2.07. The van der Waals surface area contributed by atoms with Crippen molar-refractivity contribution in [2.75, 3.05) is 17.2 Å². The Balaban J connectivity index is 2.07. The van der Waals surface area contributed by atoms with Gasteiger partial charge in [-0.2, -0.15) is 5.26 Å². The van der Waals surface area contributed by atoms with Gasteiger partial charge in [-0.15, -0.1) is 0 Å². The first-order chi connectivity index (χ1) is 10.2. The second kappa shape index (κ2) is 7.06. The van der Waals surface area contributed by atoms with Crippen molar-refractivity contribution < 1.29 is 4.79 Å². The van der Waals surface area contributed by atoms with Crippen LogP contribution in [0.3, 0.4) is 0 Å². The fourth-order valence-corrected chi connectivity index (χ4v) is 1.75. The van der Waals surface area contributed by atoms with Crippen LogP contribution in [-0.4, -0.2) is 17.4 Å². The largest absolute Gasteiger partial charge is 0.370 e. The standard InChI is InChI=1S/C16H16N4O/c1-2-8-18-15-10-13(7-9-19-15)16(21)20-14-5-3-12(11-17)4-6-14/h3-7,9-10H,2,8H2,1H3,(H,18,19)(H,20,21). The minimum absolute atomic E-state index is 0.207. The van der Waals surface area contributed by atoms with Crippen molar-refractivity contribution in [1.29, 1.82) is 5.26 Å². The first kappa shape index (κ1) is 14.5. The summed E-state index contributed by atoms with van der Waals surface area (Å²) in [6.07, 6.45) is 2.59. The summed E-state index contributed by atoms with van der Waals surface area (Å²) in [6, 6.07) is 12.1. The lowest BCUT2D eigenvalue weighted by Crippen LogP contribution is -2.13. The molecule has 2 N–H and O–H groups in total. The fraction of sp³-hybridized carbons (Fsp3) is 0.188. The summed E-state index contributed by atoms with van der Waals surface area (Å²) in [7, 11) is 0. The van der Waals surface area contributed by atoms with Crippen molar-refractivity contribution in [2.24, 2.45) is 0 Å². The van der Waals surface area contributed by atoms with Gasteiger partial charge in [-0.05, 0) is 42.8 Å². The number of nitrogens with one attached hydrogen (secondary N) is 2. The molecule has 0 unspecified atom stereocenters. The van der Waals surface area contributed by atoms with Crippen molar-refractivity contribution in [3.8, 4) is 6.07 Å².